The molecule has 2 aliphatic heterocycles. The molecule has 4 rings (SSSR count). The van der Waals surface area contributed by atoms with Crippen LogP contribution in [0.1, 0.15) is 10.4 Å². The summed E-state index contributed by atoms with van der Waals surface area (Å²) in [6.07, 6.45) is 0. The lowest BCUT2D eigenvalue weighted by atomic mass is 10.1. The molecule has 2 aromatic carbocycles. The van der Waals surface area contributed by atoms with Gasteiger partial charge >= 0.3 is 0 Å². The van der Waals surface area contributed by atoms with Crippen molar-refractivity contribution in [2.24, 2.45) is 5.73 Å². The van der Waals surface area contributed by atoms with Gasteiger partial charge in [0.25, 0.3) is 5.91 Å². The fraction of sp³-hybridized carbons (Fsp3) is 0.440. The standard InChI is InChI=1S/C25H32N4O5/c1-32-21-7-5-20(6-8-21)28-9-10-29(23(18-28)24(26)30)25(31)19-3-2-4-22(17-19)34-16-13-27-11-14-33-15-12-27/h2-8,17,23H,9-16,18H2,1H3,(H2,26,30)/t23-/m0/s1. The first-order valence-corrected chi connectivity index (χ1v) is 11.6. The van der Waals surface area contributed by atoms with Crippen LogP contribution in [0.3, 0.4) is 0 Å². The van der Waals surface area contributed by atoms with E-state index < -0.39 is 11.9 Å². The minimum atomic E-state index is -0.728. The number of hydrogen-bond acceptors (Lipinski definition) is 7. The maximum Gasteiger partial charge on any atom is 0.254 e. The molecule has 0 aliphatic carbocycles. The van der Waals surface area contributed by atoms with E-state index in [1.807, 2.05) is 30.3 Å². The molecule has 2 aromatic rings. The Morgan fingerprint density at radius 2 is 1.79 bits per heavy atom. The molecule has 182 valence electrons. The van der Waals surface area contributed by atoms with Gasteiger partial charge in [-0.1, -0.05) is 6.07 Å². The van der Waals surface area contributed by atoms with E-state index in [-0.39, 0.29) is 5.91 Å². The van der Waals surface area contributed by atoms with Gasteiger partial charge in [-0.2, -0.15) is 0 Å². The quantitative estimate of drug-likeness (QED) is 0.622. The van der Waals surface area contributed by atoms with E-state index in [0.717, 1.165) is 44.3 Å². The Morgan fingerprint density at radius 3 is 2.50 bits per heavy atom. The third-order valence-corrected chi connectivity index (χ3v) is 6.27. The van der Waals surface area contributed by atoms with E-state index in [0.29, 0.717) is 37.6 Å². The van der Waals surface area contributed by atoms with Crippen LogP contribution < -0.4 is 20.1 Å². The number of rotatable bonds is 8. The first kappa shape index (κ1) is 23.8. The molecule has 1 atom stereocenters. The summed E-state index contributed by atoms with van der Waals surface area (Å²) in [4.78, 5) is 31.5. The van der Waals surface area contributed by atoms with E-state index in [1.165, 1.54) is 0 Å². The van der Waals surface area contributed by atoms with Crippen molar-refractivity contribution >= 4 is 17.5 Å². The number of nitrogens with two attached hydrogens (primary N) is 1. The fourth-order valence-corrected chi connectivity index (χ4v) is 4.30. The molecule has 9 nitrogen and oxygen atoms in total. The fourth-order valence-electron chi connectivity index (χ4n) is 4.30. The van der Waals surface area contributed by atoms with Crippen molar-refractivity contribution in [2.75, 3.05) is 71.1 Å². The Balaban J connectivity index is 1.39. The average Bonchev–Trinajstić information content (AvgIpc) is 2.89. The molecule has 0 saturated carbocycles. The minimum absolute atomic E-state index is 0.225. The molecule has 2 aliphatic rings. The van der Waals surface area contributed by atoms with Gasteiger partial charge in [-0.05, 0) is 42.5 Å². The molecular formula is C25H32N4O5. The second kappa shape index (κ2) is 11.2. The van der Waals surface area contributed by atoms with Gasteiger partial charge in [0, 0.05) is 50.5 Å². The number of ether oxygens (including phenoxy) is 3. The number of anilines is 1. The van der Waals surface area contributed by atoms with Crippen molar-refractivity contribution in [1.82, 2.24) is 9.80 Å². The molecule has 0 bridgehead atoms. The molecule has 0 unspecified atom stereocenters. The zero-order valence-corrected chi connectivity index (χ0v) is 19.5. The Kier molecular flexibility index (Phi) is 7.87. The monoisotopic (exact) mass is 468 g/mol. The predicted molar refractivity (Wildman–Crippen MR) is 128 cm³/mol. The van der Waals surface area contributed by atoms with Crippen LogP contribution in [0.4, 0.5) is 5.69 Å². The predicted octanol–water partition coefficient (Wildman–Crippen LogP) is 1.22. The topological polar surface area (TPSA) is 97.6 Å². The van der Waals surface area contributed by atoms with Crippen LogP contribution in [0.25, 0.3) is 0 Å². The zero-order valence-electron chi connectivity index (χ0n) is 19.5. The van der Waals surface area contributed by atoms with Gasteiger partial charge < -0.3 is 29.7 Å². The summed E-state index contributed by atoms with van der Waals surface area (Å²) >= 11 is 0. The summed E-state index contributed by atoms with van der Waals surface area (Å²) in [7, 11) is 1.62. The van der Waals surface area contributed by atoms with E-state index in [2.05, 4.69) is 9.80 Å². The van der Waals surface area contributed by atoms with Gasteiger partial charge in [0.2, 0.25) is 5.91 Å². The summed E-state index contributed by atoms with van der Waals surface area (Å²) in [6.45, 7) is 5.95. The van der Waals surface area contributed by atoms with Crippen molar-refractivity contribution in [1.29, 1.82) is 0 Å². The van der Waals surface area contributed by atoms with Gasteiger partial charge in [-0.3, -0.25) is 14.5 Å². The number of carbonyl (C=O) groups is 2. The van der Waals surface area contributed by atoms with Crippen LogP contribution in [0.2, 0.25) is 0 Å². The molecule has 2 N–H and O–H groups in total. The van der Waals surface area contributed by atoms with Crippen molar-refractivity contribution in [2.45, 2.75) is 6.04 Å². The molecule has 9 heteroatoms. The van der Waals surface area contributed by atoms with Gasteiger partial charge in [-0.25, -0.2) is 0 Å². The number of amides is 2. The Morgan fingerprint density at radius 1 is 1.03 bits per heavy atom. The number of hydrogen-bond donors (Lipinski definition) is 1. The summed E-state index contributed by atoms with van der Waals surface area (Å²) < 4.78 is 16.5. The van der Waals surface area contributed by atoms with Crippen LogP contribution in [-0.2, 0) is 9.53 Å². The van der Waals surface area contributed by atoms with E-state index in [9.17, 15) is 9.59 Å². The van der Waals surface area contributed by atoms with E-state index in [1.54, 1.807) is 30.2 Å². The highest BCUT2D eigenvalue weighted by Crippen LogP contribution is 2.24. The number of nitrogens with zero attached hydrogens (tertiary/aromatic N) is 3. The third-order valence-electron chi connectivity index (χ3n) is 6.27. The van der Waals surface area contributed by atoms with Crippen molar-refractivity contribution in [3.63, 3.8) is 0 Å². The molecule has 0 aromatic heterocycles. The number of morpholine rings is 1. The number of primary amides is 1. The number of piperazine rings is 1. The lowest BCUT2D eigenvalue weighted by Crippen LogP contribution is -2.60. The zero-order chi connectivity index (χ0) is 23.9. The molecular weight excluding hydrogens is 436 g/mol. The van der Waals surface area contributed by atoms with Gasteiger partial charge in [0.05, 0.1) is 20.3 Å². The molecule has 2 heterocycles. The molecule has 2 fully saturated rings. The maximum atomic E-state index is 13.3. The Hall–Kier alpha value is -3.30. The summed E-state index contributed by atoms with van der Waals surface area (Å²) in [5.41, 5.74) is 7.14. The first-order chi connectivity index (χ1) is 16.5. The second-order valence-corrected chi connectivity index (χ2v) is 8.39. The smallest absolute Gasteiger partial charge is 0.254 e. The SMILES string of the molecule is COc1ccc(N2CCN(C(=O)c3cccc(OCCN4CCOCC4)c3)[C@H](C(N)=O)C2)cc1. The van der Waals surface area contributed by atoms with Gasteiger partial charge in [0.1, 0.15) is 24.1 Å². The molecule has 2 amide bonds. The molecule has 2 saturated heterocycles. The highest BCUT2D eigenvalue weighted by molar-refractivity contribution is 5.98. The number of methoxy groups -OCH3 is 1. The molecule has 0 spiro atoms. The van der Waals surface area contributed by atoms with E-state index >= 15 is 0 Å². The summed E-state index contributed by atoms with van der Waals surface area (Å²) in [6, 6.07) is 14.0. The van der Waals surface area contributed by atoms with Crippen LogP contribution in [0.5, 0.6) is 11.5 Å². The summed E-state index contributed by atoms with van der Waals surface area (Å²) in [5, 5.41) is 0. The maximum absolute atomic E-state index is 13.3. The van der Waals surface area contributed by atoms with Crippen LogP contribution >= 0.6 is 0 Å². The number of benzene rings is 2. The van der Waals surface area contributed by atoms with Crippen LogP contribution in [0, 0.1) is 0 Å². The molecule has 0 radical (unpaired) electrons. The third kappa shape index (κ3) is 5.78. The second-order valence-electron chi connectivity index (χ2n) is 8.39. The van der Waals surface area contributed by atoms with Crippen LogP contribution in [0.15, 0.2) is 48.5 Å². The highest BCUT2D eigenvalue weighted by atomic mass is 16.5. The Labute approximate surface area is 200 Å². The lowest BCUT2D eigenvalue weighted by molar-refractivity contribution is -0.122. The van der Waals surface area contributed by atoms with Crippen molar-refractivity contribution < 1.29 is 23.8 Å². The van der Waals surface area contributed by atoms with Gasteiger partial charge in [-0.15, -0.1) is 0 Å². The highest BCUT2D eigenvalue weighted by Gasteiger charge is 2.34. The lowest BCUT2D eigenvalue weighted by Gasteiger charge is -2.41. The van der Waals surface area contributed by atoms with E-state index in [4.69, 9.17) is 19.9 Å². The van der Waals surface area contributed by atoms with Crippen molar-refractivity contribution in [3.8, 4) is 11.5 Å². The average molecular weight is 469 g/mol. The number of carbonyl (C=O) groups excluding carboxylic acids is 2. The molecule has 34 heavy (non-hydrogen) atoms. The first-order valence-electron chi connectivity index (χ1n) is 11.6. The summed E-state index contributed by atoms with van der Waals surface area (Å²) in [5.74, 6) is 0.643. The van der Waals surface area contributed by atoms with Crippen molar-refractivity contribution in [3.05, 3.63) is 54.1 Å². The normalized spacial score (nSPS) is 19.0. The largest absolute Gasteiger partial charge is 0.497 e. The van der Waals surface area contributed by atoms with Gasteiger partial charge in [0.15, 0.2) is 0 Å². The Bertz CT molecular complexity index is 978. The van der Waals surface area contributed by atoms with Crippen LogP contribution in [-0.4, -0.2) is 93.9 Å². The minimum Gasteiger partial charge on any atom is -0.497 e.